The van der Waals surface area contributed by atoms with Crippen LogP contribution in [0.15, 0.2) is 79.0 Å². The Labute approximate surface area is 187 Å². The number of rotatable bonds is 5. The summed E-state index contributed by atoms with van der Waals surface area (Å²) in [6, 6.07) is 18.8. The quantitative estimate of drug-likeness (QED) is 0.409. The zero-order chi connectivity index (χ0) is 23.4. The van der Waals surface area contributed by atoms with Crippen LogP contribution in [0.5, 0.6) is 11.6 Å². The fraction of sp³-hybridized carbons (Fsp3) is 0.0833. The molecular weight excluding hydrogens is 433 g/mol. The number of carbonyl (C=O) groups is 1. The number of ether oxygens (including phenoxy) is 1. The molecule has 0 aliphatic rings. The van der Waals surface area contributed by atoms with E-state index in [2.05, 4.69) is 20.3 Å². The molecule has 2 heterocycles. The Hall–Kier alpha value is -4.27. The van der Waals surface area contributed by atoms with Crippen LogP contribution in [0.4, 0.5) is 18.9 Å². The number of aromatic nitrogens is 3. The van der Waals surface area contributed by atoms with Crippen molar-refractivity contribution in [2.45, 2.75) is 13.1 Å². The van der Waals surface area contributed by atoms with E-state index in [0.717, 1.165) is 11.6 Å². The highest BCUT2D eigenvalue weighted by Gasteiger charge is 2.34. The van der Waals surface area contributed by atoms with E-state index in [1.165, 1.54) is 24.4 Å². The summed E-state index contributed by atoms with van der Waals surface area (Å²) in [4.78, 5) is 24.0. The van der Waals surface area contributed by atoms with Gasteiger partial charge in [0, 0.05) is 23.5 Å². The van der Waals surface area contributed by atoms with Gasteiger partial charge in [-0.25, -0.2) is 4.98 Å². The Bertz CT molecular complexity index is 1280. The van der Waals surface area contributed by atoms with Gasteiger partial charge in [-0.05, 0) is 55.5 Å². The van der Waals surface area contributed by atoms with Crippen LogP contribution in [-0.2, 0) is 6.18 Å². The average molecular weight is 450 g/mol. The van der Waals surface area contributed by atoms with E-state index < -0.39 is 11.9 Å². The molecule has 0 saturated carbocycles. The van der Waals surface area contributed by atoms with Gasteiger partial charge in [-0.1, -0.05) is 23.8 Å². The molecule has 1 amide bonds. The largest absolute Gasteiger partial charge is 0.439 e. The SMILES string of the molecule is Cc1cccc(C(=O)Nc2ccc(Oc3cc(C(F)(F)F)nc(-c4ccccn4)n3)cc2)c1. The summed E-state index contributed by atoms with van der Waals surface area (Å²) < 4.78 is 45.6. The van der Waals surface area contributed by atoms with Crippen molar-refractivity contribution in [3.05, 3.63) is 95.8 Å². The van der Waals surface area contributed by atoms with Crippen LogP contribution in [0, 0.1) is 6.92 Å². The number of alkyl halides is 3. The van der Waals surface area contributed by atoms with E-state index >= 15 is 0 Å². The Morgan fingerprint density at radius 1 is 0.939 bits per heavy atom. The molecule has 4 rings (SSSR count). The van der Waals surface area contributed by atoms with Crippen LogP contribution in [0.25, 0.3) is 11.5 Å². The zero-order valence-corrected chi connectivity index (χ0v) is 17.3. The summed E-state index contributed by atoms with van der Waals surface area (Å²) in [5.74, 6) is -0.530. The van der Waals surface area contributed by atoms with Crippen LogP contribution in [-0.4, -0.2) is 20.9 Å². The molecular formula is C24H17F3N4O2. The second-order valence-corrected chi connectivity index (χ2v) is 7.08. The predicted molar refractivity (Wildman–Crippen MR) is 116 cm³/mol. The summed E-state index contributed by atoms with van der Waals surface area (Å²) in [6.45, 7) is 1.89. The van der Waals surface area contributed by atoms with Gasteiger partial charge in [0.25, 0.3) is 5.91 Å². The second-order valence-electron chi connectivity index (χ2n) is 7.08. The van der Waals surface area contributed by atoms with Gasteiger partial charge in [-0.3, -0.25) is 9.78 Å². The molecule has 0 fully saturated rings. The molecule has 0 unspecified atom stereocenters. The predicted octanol–water partition coefficient (Wildman–Crippen LogP) is 5.91. The number of carbonyl (C=O) groups excluding carboxylic acids is 1. The van der Waals surface area contributed by atoms with Crippen molar-refractivity contribution in [1.29, 1.82) is 0 Å². The summed E-state index contributed by atoms with van der Waals surface area (Å²) in [6.07, 6.45) is -3.25. The number of hydrogen-bond acceptors (Lipinski definition) is 5. The molecule has 0 aliphatic carbocycles. The van der Waals surface area contributed by atoms with Crippen molar-refractivity contribution in [2.75, 3.05) is 5.32 Å². The Morgan fingerprint density at radius 3 is 2.39 bits per heavy atom. The molecule has 0 aliphatic heterocycles. The van der Waals surface area contributed by atoms with E-state index in [9.17, 15) is 18.0 Å². The Balaban J connectivity index is 1.54. The number of benzene rings is 2. The lowest BCUT2D eigenvalue weighted by molar-refractivity contribution is -0.141. The van der Waals surface area contributed by atoms with Gasteiger partial charge in [-0.2, -0.15) is 18.2 Å². The smallest absolute Gasteiger partial charge is 0.433 e. The van der Waals surface area contributed by atoms with Crippen LogP contribution in [0.2, 0.25) is 0 Å². The molecule has 6 nitrogen and oxygen atoms in total. The fourth-order valence-electron chi connectivity index (χ4n) is 2.95. The Morgan fingerprint density at radius 2 is 1.73 bits per heavy atom. The second kappa shape index (κ2) is 9.07. The molecule has 2 aromatic heterocycles. The lowest BCUT2D eigenvalue weighted by Crippen LogP contribution is -2.11. The lowest BCUT2D eigenvalue weighted by Gasteiger charge is -2.11. The normalized spacial score (nSPS) is 11.2. The van der Waals surface area contributed by atoms with Crippen molar-refractivity contribution >= 4 is 11.6 Å². The third-order valence-electron chi connectivity index (χ3n) is 4.50. The third-order valence-corrected chi connectivity index (χ3v) is 4.50. The topological polar surface area (TPSA) is 77.0 Å². The summed E-state index contributed by atoms with van der Waals surface area (Å²) >= 11 is 0. The number of anilines is 1. The van der Waals surface area contributed by atoms with Crippen LogP contribution in [0.3, 0.4) is 0 Å². The number of nitrogens with zero attached hydrogens (tertiary/aromatic N) is 3. The molecule has 1 N–H and O–H groups in total. The van der Waals surface area contributed by atoms with E-state index in [4.69, 9.17) is 4.74 Å². The first-order chi connectivity index (χ1) is 15.8. The first-order valence-electron chi connectivity index (χ1n) is 9.81. The van der Waals surface area contributed by atoms with Gasteiger partial charge in [0.05, 0.1) is 0 Å². The standard InChI is InChI=1S/C24H17F3N4O2/c1-15-5-4-6-16(13-15)23(32)29-17-8-10-18(11-9-17)33-21-14-20(24(25,26)27)30-22(31-21)19-7-2-3-12-28-19/h2-14H,1H3,(H,29,32). The van der Waals surface area contributed by atoms with Crippen molar-refractivity contribution in [3.8, 4) is 23.1 Å². The van der Waals surface area contributed by atoms with E-state index in [0.29, 0.717) is 11.3 Å². The maximum Gasteiger partial charge on any atom is 0.433 e. The van der Waals surface area contributed by atoms with Crippen LogP contribution < -0.4 is 10.1 Å². The number of halogens is 3. The molecule has 0 saturated heterocycles. The van der Waals surface area contributed by atoms with Crippen molar-refractivity contribution in [2.24, 2.45) is 0 Å². The summed E-state index contributed by atoms with van der Waals surface area (Å²) in [7, 11) is 0. The minimum atomic E-state index is -4.69. The maximum absolute atomic E-state index is 13.3. The van der Waals surface area contributed by atoms with Crippen LogP contribution in [0.1, 0.15) is 21.6 Å². The van der Waals surface area contributed by atoms with Crippen molar-refractivity contribution in [3.63, 3.8) is 0 Å². The van der Waals surface area contributed by atoms with Gasteiger partial charge < -0.3 is 10.1 Å². The van der Waals surface area contributed by atoms with Gasteiger partial charge in [0.1, 0.15) is 11.4 Å². The highest BCUT2D eigenvalue weighted by molar-refractivity contribution is 6.04. The molecule has 166 valence electrons. The number of nitrogens with one attached hydrogen (secondary N) is 1. The average Bonchev–Trinajstić information content (AvgIpc) is 2.80. The summed E-state index contributed by atoms with van der Waals surface area (Å²) in [5, 5.41) is 2.76. The first-order valence-corrected chi connectivity index (χ1v) is 9.81. The molecule has 4 aromatic rings. The number of aryl methyl sites for hydroxylation is 1. The minimum absolute atomic E-state index is 0.183. The third kappa shape index (κ3) is 5.51. The monoisotopic (exact) mass is 450 g/mol. The number of pyridine rings is 1. The molecule has 2 aromatic carbocycles. The molecule has 0 atom stereocenters. The van der Waals surface area contributed by atoms with E-state index in [1.807, 2.05) is 13.0 Å². The van der Waals surface area contributed by atoms with Gasteiger partial charge >= 0.3 is 6.18 Å². The highest BCUT2D eigenvalue weighted by atomic mass is 19.4. The maximum atomic E-state index is 13.3. The highest BCUT2D eigenvalue weighted by Crippen LogP contribution is 2.32. The molecule has 0 radical (unpaired) electrons. The number of amides is 1. The molecule has 0 bridgehead atoms. The summed E-state index contributed by atoms with van der Waals surface area (Å²) in [5.41, 5.74) is 1.01. The molecule has 33 heavy (non-hydrogen) atoms. The van der Waals surface area contributed by atoms with E-state index in [1.54, 1.807) is 42.5 Å². The van der Waals surface area contributed by atoms with E-state index in [-0.39, 0.29) is 29.1 Å². The van der Waals surface area contributed by atoms with Crippen molar-refractivity contribution in [1.82, 2.24) is 15.0 Å². The van der Waals surface area contributed by atoms with Crippen molar-refractivity contribution < 1.29 is 22.7 Å². The van der Waals surface area contributed by atoms with Gasteiger partial charge in [-0.15, -0.1) is 0 Å². The number of hydrogen-bond donors (Lipinski definition) is 1. The molecule has 0 spiro atoms. The fourth-order valence-corrected chi connectivity index (χ4v) is 2.95. The van der Waals surface area contributed by atoms with Gasteiger partial charge in [0.2, 0.25) is 5.88 Å². The van der Waals surface area contributed by atoms with Crippen LogP contribution >= 0.6 is 0 Å². The molecule has 9 heteroatoms. The minimum Gasteiger partial charge on any atom is -0.439 e. The Kier molecular flexibility index (Phi) is 6.03. The first kappa shape index (κ1) is 21.9. The zero-order valence-electron chi connectivity index (χ0n) is 17.3. The van der Waals surface area contributed by atoms with Gasteiger partial charge in [0.15, 0.2) is 11.5 Å². The lowest BCUT2D eigenvalue weighted by atomic mass is 10.1.